The maximum atomic E-state index is 14.5. The molecule has 3 rings (SSSR count). The molecule has 27 heavy (non-hydrogen) atoms. The molecule has 0 aromatic heterocycles. The first kappa shape index (κ1) is 19.2. The van der Waals surface area contributed by atoms with Crippen LogP contribution >= 0.6 is 12.2 Å². The number of nitrogens with one attached hydrogen (secondary N) is 1. The molecule has 2 aromatic rings. The highest BCUT2D eigenvalue weighted by Crippen LogP contribution is 2.22. The van der Waals surface area contributed by atoms with Crippen LogP contribution in [0.4, 0.5) is 14.5 Å². The van der Waals surface area contributed by atoms with Gasteiger partial charge in [0, 0.05) is 32.7 Å². The molecule has 0 saturated carbocycles. The molecule has 1 aliphatic heterocycles. The van der Waals surface area contributed by atoms with Gasteiger partial charge in [0.1, 0.15) is 11.6 Å². The first-order valence-electron chi connectivity index (χ1n) is 8.61. The number of hydrogen-bond acceptors (Lipinski definition) is 4. The van der Waals surface area contributed by atoms with Crippen LogP contribution in [0.5, 0.6) is 0 Å². The second kappa shape index (κ2) is 8.88. The van der Waals surface area contributed by atoms with Gasteiger partial charge in [-0.1, -0.05) is 18.2 Å². The van der Waals surface area contributed by atoms with Crippen LogP contribution < -0.4 is 16.1 Å². The molecule has 1 heterocycles. The Bertz CT molecular complexity index is 817. The SMILES string of the molecule is NC(=S)NN=Cc1ccc(N2CCN(Cc3ccc(F)cc3)CC2)c(F)c1. The van der Waals surface area contributed by atoms with Gasteiger partial charge in [-0.05, 0) is 47.6 Å². The Balaban J connectivity index is 1.56. The summed E-state index contributed by atoms with van der Waals surface area (Å²) in [6, 6.07) is 11.5. The zero-order valence-corrected chi connectivity index (χ0v) is 15.6. The number of hydrazone groups is 1. The summed E-state index contributed by atoms with van der Waals surface area (Å²) < 4.78 is 27.5. The largest absolute Gasteiger partial charge is 0.375 e. The van der Waals surface area contributed by atoms with Crippen LogP contribution in [0.3, 0.4) is 0 Å². The second-order valence-corrected chi connectivity index (χ2v) is 6.77. The van der Waals surface area contributed by atoms with E-state index >= 15 is 0 Å². The van der Waals surface area contributed by atoms with Gasteiger partial charge in [-0.15, -0.1) is 0 Å². The van der Waals surface area contributed by atoms with Crippen molar-refractivity contribution in [3.8, 4) is 0 Å². The summed E-state index contributed by atoms with van der Waals surface area (Å²) in [4.78, 5) is 4.31. The summed E-state index contributed by atoms with van der Waals surface area (Å²) in [7, 11) is 0. The minimum Gasteiger partial charge on any atom is -0.375 e. The van der Waals surface area contributed by atoms with Crippen LogP contribution in [-0.4, -0.2) is 42.4 Å². The first-order valence-corrected chi connectivity index (χ1v) is 9.02. The Morgan fingerprint density at radius 1 is 1.11 bits per heavy atom. The number of hydrogen-bond donors (Lipinski definition) is 2. The third kappa shape index (κ3) is 5.45. The maximum Gasteiger partial charge on any atom is 0.184 e. The summed E-state index contributed by atoms with van der Waals surface area (Å²) in [5, 5.41) is 3.89. The number of nitrogens with zero attached hydrogens (tertiary/aromatic N) is 3. The molecule has 0 unspecified atom stereocenters. The molecule has 8 heteroatoms. The molecule has 0 radical (unpaired) electrons. The molecule has 0 atom stereocenters. The molecule has 3 N–H and O–H groups in total. The summed E-state index contributed by atoms with van der Waals surface area (Å²) in [5.74, 6) is -0.518. The third-order valence-electron chi connectivity index (χ3n) is 4.39. The summed E-state index contributed by atoms with van der Waals surface area (Å²) >= 11 is 4.65. The molecule has 1 saturated heterocycles. The molecule has 1 aliphatic rings. The Labute approximate surface area is 162 Å². The lowest BCUT2D eigenvalue weighted by molar-refractivity contribution is 0.249. The Morgan fingerprint density at radius 3 is 2.44 bits per heavy atom. The van der Waals surface area contributed by atoms with E-state index in [1.54, 1.807) is 24.3 Å². The average molecular weight is 389 g/mol. The zero-order chi connectivity index (χ0) is 19.2. The van der Waals surface area contributed by atoms with Gasteiger partial charge in [-0.3, -0.25) is 10.3 Å². The van der Waals surface area contributed by atoms with Gasteiger partial charge >= 0.3 is 0 Å². The van der Waals surface area contributed by atoms with Gasteiger partial charge in [0.05, 0.1) is 11.9 Å². The smallest absolute Gasteiger partial charge is 0.184 e. The van der Waals surface area contributed by atoms with Gasteiger partial charge in [-0.25, -0.2) is 8.78 Å². The zero-order valence-electron chi connectivity index (χ0n) is 14.7. The summed E-state index contributed by atoms with van der Waals surface area (Å²) in [5.41, 5.74) is 9.99. The van der Waals surface area contributed by atoms with Gasteiger partial charge in [0.25, 0.3) is 0 Å². The fourth-order valence-corrected chi connectivity index (χ4v) is 3.08. The highest BCUT2D eigenvalue weighted by atomic mass is 32.1. The van der Waals surface area contributed by atoms with Crippen molar-refractivity contribution in [3.05, 3.63) is 65.2 Å². The number of rotatable bonds is 5. The highest BCUT2D eigenvalue weighted by Gasteiger charge is 2.19. The van der Waals surface area contributed by atoms with E-state index in [0.29, 0.717) is 11.3 Å². The number of thiocarbonyl (C=S) groups is 1. The topological polar surface area (TPSA) is 56.9 Å². The third-order valence-corrected chi connectivity index (χ3v) is 4.48. The van der Waals surface area contributed by atoms with Gasteiger partial charge in [0.15, 0.2) is 5.11 Å². The quantitative estimate of drug-likeness (QED) is 0.467. The normalized spacial score (nSPS) is 15.3. The van der Waals surface area contributed by atoms with Crippen LogP contribution in [0, 0.1) is 11.6 Å². The number of piperazine rings is 1. The molecule has 0 bridgehead atoms. The van der Waals surface area contributed by atoms with Gasteiger partial charge < -0.3 is 10.6 Å². The number of anilines is 1. The van der Waals surface area contributed by atoms with E-state index in [1.807, 2.05) is 4.90 Å². The minimum atomic E-state index is -0.291. The maximum absolute atomic E-state index is 14.5. The average Bonchev–Trinajstić information content (AvgIpc) is 2.64. The Hall–Kier alpha value is -2.58. The lowest BCUT2D eigenvalue weighted by Crippen LogP contribution is -2.46. The van der Waals surface area contributed by atoms with Crippen molar-refractivity contribution in [1.82, 2.24) is 10.3 Å². The lowest BCUT2D eigenvalue weighted by Gasteiger charge is -2.36. The van der Waals surface area contributed by atoms with E-state index in [9.17, 15) is 8.78 Å². The van der Waals surface area contributed by atoms with Crippen LogP contribution in [0.2, 0.25) is 0 Å². The van der Waals surface area contributed by atoms with E-state index < -0.39 is 0 Å². The lowest BCUT2D eigenvalue weighted by atomic mass is 10.1. The number of nitrogens with two attached hydrogens (primary N) is 1. The first-order chi connectivity index (χ1) is 13.0. The van der Waals surface area contributed by atoms with Gasteiger partial charge in [0.2, 0.25) is 0 Å². The monoisotopic (exact) mass is 389 g/mol. The molecular weight excluding hydrogens is 368 g/mol. The van der Waals surface area contributed by atoms with E-state index in [0.717, 1.165) is 38.3 Å². The van der Waals surface area contributed by atoms with E-state index in [1.165, 1.54) is 24.4 Å². The number of halogens is 2. The predicted molar refractivity (Wildman–Crippen MR) is 108 cm³/mol. The summed E-state index contributed by atoms with van der Waals surface area (Å²) in [6.45, 7) is 3.86. The van der Waals surface area contributed by atoms with Crippen molar-refractivity contribution in [1.29, 1.82) is 0 Å². The van der Waals surface area contributed by atoms with Crippen LogP contribution in [0.25, 0.3) is 0 Å². The van der Waals surface area contributed by atoms with Crippen LogP contribution in [0.15, 0.2) is 47.6 Å². The van der Waals surface area contributed by atoms with Crippen molar-refractivity contribution >= 4 is 29.2 Å². The Morgan fingerprint density at radius 2 is 1.81 bits per heavy atom. The molecular formula is C19H21F2N5S. The van der Waals surface area contributed by atoms with Crippen molar-refractivity contribution < 1.29 is 8.78 Å². The van der Waals surface area contributed by atoms with E-state index in [-0.39, 0.29) is 16.7 Å². The summed E-state index contributed by atoms with van der Waals surface area (Å²) in [6.07, 6.45) is 1.46. The van der Waals surface area contributed by atoms with Crippen molar-refractivity contribution in [2.75, 3.05) is 31.1 Å². The van der Waals surface area contributed by atoms with Crippen molar-refractivity contribution in [2.45, 2.75) is 6.54 Å². The molecule has 142 valence electrons. The molecule has 0 aliphatic carbocycles. The minimum absolute atomic E-state index is 0.0573. The van der Waals surface area contributed by atoms with Crippen LogP contribution in [0.1, 0.15) is 11.1 Å². The van der Waals surface area contributed by atoms with E-state index in [2.05, 4.69) is 27.6 Å². The number of benzene rings is 2. The van der Waals surface area contributed by atoms with E-state index in [4.69, 9.17) is 5.73 Å². The highest BCUT2D eigenvalue weighted by molar-refractivity contribution is 7.80. The van der Waals surface area contributed by atoms with Crippen LogP contribution in [-0.2, 0) is 6.54 Å². The fourth-order valence-electron chi connectivity index (χ4n) is 3.03. The molecule has 0 amide bonds. The van der Waals surface area contributed by atoms with Crippen molar-refractivity contribution in [3.63, 3.8) is 0 Å². The Kier molecular flexibility index (Phi) is 6.31. The predicted octanol–water partition coefficient (Wildman–Crippen LogP) is 2.45. The standard InChI is InChI=1S/C19H21F2N5S/c20-16-4-1-14(2-5-16)13-25-7-9-26(10-8-25)18-6-3-15(11-17(18)21)12-23-24-19(22)27/h1-6,11-12H,7-10,13H2,(H3,22,24,27). The van der Waals surface area contributed by atoms with Crippen molar-refractivity contribution in [2.24, 2.45) is 10.8 Å². The van der Waals surface area contributed by atoms with Gasteiger partial charge in [-0.2, -0.15) is 5.10 Å². The second-order valence-electron chi connectivity index (χ2n) is 6.33. The molecule has 0 spiro atoms. The molecule has 1 fully saturated rings. The fraction of sp³-hybridized carbons (Fsp3) is 0.263. The molecule has 2 aromatic carbocycles. The molecule has 5 nitrogen and oxygen atoms in total.